The van der Waals surface area contributed by atoms with Gasteiger partial charge in [-0.15, -0.1) is 10.2 Å². The Balaban J connectivity index is 1.95. The molecule has 0 aliphatic heterocycles. The van der Waals surface area contributed by atoms with E-state index in [0.717, 1.165) is 21.1 Å². The van der Waals surface area contributed by atoms with Crippen LogP contribution in [-0.4, -0.2) is 33.3 Å². The molecule has 4 aromatic rings. The van der Waals surface area contributed by atoms with Crippen LogP contribution in [0.5, 0.6) is 0 Å². The second-order valence-electron chi connectivity index (χ2n) is 6.73. The van der Waals surface area contributed by atoms with Crippen molar-refractivity contribution in [3.05, 3.63) is 68.4 Å². The van der Waals surface area contributed by atoms with Gasteiger partial charge in [0, 0.05) is 18.6 Å². The quantitative estimate of drug-likeness (QED) is 0.491. The predicted molar refractivity (Wildman–Crippen MR) is 112 cm³/mol. The van der Waals surface area contributed by atoms with Crippen molar-refractivity contribution in [2.24, 2.45) is 0 Å². The summed E-state index contributed by atoms with van der Waals surface area (Å²) in [5.74, 6) is 1.14. The smallest absolute Gasteiger partial charge is 0.263 e. The number of rotatable bonds is 4. The molecule has 0 atom stereocenters. The Bertz CT molecular complexity index is 1280. The van der Waals surface area contributed by atoms with E-state index in [1.165, 1.54) is 0 Å². The van der Waals surface area contributed by atoms with E-state index in [1.807, 2.05) is 65.9 Å². The van der Waals surface area contributed by atoms with Crippen molar-refractivity contribution in [2.45, 2.75) is 13.0 Å². The predicted octanol–water partition coefficient (Wildman–Crippen LogP) is 2.99. The van der Waals surface area contributed by atoms with Crippen LogP contribution < -0.4 is 10.5 Å². The number of nitriles is 1. The second-order valence-corrected chi connectivity index (χ2v) is 7.65. The van der Waals surface area contributed by atoms with Crippen LogP contribution in [0, 0.1) is 11.3 Å². The zero-order chi connectivity index (χ0) is 19.8. The normalized spacial score (nSPS) is 11.1. The molecule has 0 amide bonds. The van der Waals surface area contributed by atoms with E-state index >= 15 is 0 Å². The molecular weight excluding hydrogens is 420 g/mol. The number of nitrogens with zero attached hydrogens (tertiary/aromatic N) is 6. The molecule has 0 unspecified atom stereocenters. The minimum Gasteiger partial charge on any atom is -0.347 e. The summed E-state index contributed by atoms with van der Waals surface area (Å²) in [5.41, 5.74) is 2.54. The van der Waals surface area contributed by atoms with E-state index in [0.29, 0.717) is 30.1 Å². The number of anilines is 1. The summed E-state index contributed by atoms with van der Waals surface area (Å²) in [6.45, 7) is 0.364. The first kappa shape index (κ1) is 18.2. The van der Waals surface area contributed by atoms with Gasteiger partial charge in [0.25, 0.3) is 5.56 Å². The average molecular weight is 437 g/mol. The van der Waals surface area contributed by atoms with Crippen LogP contribution >= 0.6 is 15.9 Å². The van der Waals surface area contributed by atoms with Gasteiger partial charge in [0.05, 0.1) is 29.9 Å². The Morgan fingerprint density at radius 2 is 1.82 bits per heavy atom. The molecule has 8 heteroatoms. The molecule has 2 heterocycles. The van der Waals surface area contributed by atoms with Crippen LogP contribution in [-0.2, 0) is 13.0 Å². The van der Waals surface area contributed by atoms with Gasteiger partial charge in [-0.2, -0.15) is 5.26 Å². The van der Waals surface area contributed by atoms with Gasteiger partial charge in [-0.05, 0) is 29.3 Å². The van der Waals surface area contributed by atoms with Gasteiger partial charge in [0.1, 0.15) is 0 Å². The van der Waals surface area contributed by atoms with Gasteiger partial charge in [-0.1, -0.05) is 40.2 Å². The molecule has 0 saturated heterocycles. The van der Waals surface area contributed by atoms with Gasteiger partial charge in [0.15, 0.2) is 0 Å². The third kappa shape index (κ3) is 3.04. The molecule has 7 nitrogen and oxygen atoms in total. The van der Waals surface area contributed by atoms with Crippen molar-refractivity contribution in [2.75, 3.05) is 19.0 Å². The molecule has 0 N–H and O–H groups in total. The molecule has 0 saturated carbocycles. The fourth-order valence-electron chi connectivity index (χ4n) is 3.24. The Morgan fingerprint density at radius 3 is 2.50 bits per heavy atom. The number of hydrogen-bond donors (Lipinski definition) is 0. The third-order valence-electron chi connectivity index (χ3n) is 4.59. The summed E-state index contributed by atoms with van der Waals surface area (Å²) in [4.78, 5) is 15.1. The number of hydrogen-bond acceptors (Lipinski definition) is 5. The Labute approximate surface area is 169 Å². The molecule has 2 aromatic carbocycles. The van der Waals surface area contributed by atoms with E-state index in [9.17, 15) is 4.79 Å². The highest BCUT2D eigenvalue weighted by molar-refractivity contribution is 9.10. The molecular formula is C20H17BrN6O. The van der Waals surface area contributed by atoms with E-state index < -0.39 is 0 Å². The van der Waals surface area contributed by atoms with Crippen LogP contribution in [0.3, 0.4) is 0 Å². The van der Waals surface area contributed by atoms with Crippen LogP contribution in [0.2, 0.25) is 0 Å². The Hall–Kier alpha value is -3.18. The summed E-state index contributed by atoms with van der Waals surface area (Å²) in [6, 6.07) is 15.4. The molecule has 2 aromatic heterocycles. The lowest BCUT2D eigenvalue weighted by molar-refractivity contribution is 0.766. The van der Waals surface area contributed by atoms with E-state index in [-0.39, 0.29) is 5.56 Å². The molecule has 4 rings (SSSR count). The number of aromatic nitrogens is 4. The monoisotopic (exact) mass is 436 g/mol. The largest absolute Gasteiger partial charge is 0.347 e. The van der Waals surface area contributed by atoms with Crippen LogP contribution in [0.4, 0.5) is 5.95 Å². The lowest BCUT2D eigenvalue weighted by atomic mass is 10.1. The maximum atomic E-state index is 13.3. The van der Waals surface area contributed by atoms with E-state index in [4.69, 9.17) is 5.26 Å². The summed E-state index contributed by atoms with van der Waals surface area (Å²) in [6.07, 6.45) is 0.366. The van der Waals surface area contributed by atoms with E-state index in [1.54, 1.807) is 4.57 Å². The molecule has 140 valence electrons. The fraction of sp³-hybridized carbons (Fsp3) is 0.200. The highest BCUT2D eigenvalue weighted by Gasteiger charge is 2.18. The molecule has 0 spiro atoms. The maximum absolute atomic E-state index is 13.3. The van der Waals surface area contributed by atoms with Gasteiger partial charge in [-0.25, -0.2) is 4.40 Å². The highest BCUT2D eigenvalue weighted by Crippen LogP contribution is 2.22. The van der Waals surface area contributed by atoms with Gasteiger partial charge in [-0.3, -0.25) is 9.36 Å². The van der Waals surface area contributed by atoms with Crippen molar-refractivity contribution < 1.29 is 0 Å². The van der Waals surface area contributed by atoms with Crippen molar-refractivity contribution in [1.29, 1.82) is 5.26 Å². The highest BCUT2D eigenvalue weighted by atomic mass is 79.9. The topological polar surface area (TPSA) is 79.2 Å². The standard InChI is InChI=1S/C20H17BrN6O/c1-25(2)19-23-24-20-26(12-14-5-3-13(4-6-14)9-10-22)18(28)16-11-15(21)7-8-17(16)27(19)20/h3-8,11H,9,12H2,1-2H3. The molecule has 28 heavy (non-hydrogen) atoms. The zero-order valence-corrected chi connectivity index (χ0v) is 17.0. The summed E-state index contributed by atoms with van der Waals surface area (Å²) in [5, 5.41) is 18.0. The third-order valence-corrected chi connectivity index (χ3v) is 5.09. The first-order valence-electron chi connectivity index (χ1n) is 8.69. The first-order chi connectivity index (χ1) is 13.5. The summed E-state index contributed by atoms with van der Waals surface area (Å²) < 4.78 is 4.37. The first-order valence-corrected chi connectivity index (χ1v) is 9.48. The molecule has 0 aliphatic rings. The van der Waals surface area contributed by atoms with Crippen LogP contribution in [0.15, 0.2) is 51.7 Å². The lowest BCUT2D eigenvalue weighted by Gasteiger charge is -2.14. The van der Waals surface area contributed by atoms with Gasteiger partial charge in [0.2, 0.25) is 11.7 Å². The van der Waals surface area contributed by atoms with Gasteiger partial charge < -0.3 is 4.90 Å². The lowest BCUT2D eigenvalue weighted by Crippen LogP contribution is -2.24. The molecule has 0 fully saturated rings. The number of benzene rings is 2. The second kappa shape index (κ2) is 7.09. The number of halogens is 1. The minimum absolute atomic E-state index is 0.123. The molecule has 0 radical (unpaired) electrons. The summed E-state index contributed by atoms with van der Waals surface area (Å²) >= 11 is 3.46. The Kier molecular flexibility index (Phi) is 4.61. The summed E-state index contributed by atoms with van der Waals surface area (Å²) in [7, 11) is 3.79. The fourth-order valence-corrected chi connectivity index (χ4v) is 3.60. The average Bonchev–Trinajstić information content (AvgIpc) is 3.12. The van der Waals surface area contributed by atoms with Crippen molar-refractivity contribution >= 4 is 38.6 Å². The minimum atomic E-state index is -0.123. The SMILES string of the molecule is CN(C)c1nnc2n(Cc3ccc(CC#N)cc3)c(=O)c3cc(Br)ccc3n12. The zero-order valence-electron chi connectivity index (χ0n) is 15.4. The molecule has 0 bridgehead atoms. The van der Waals surface area contributed by atoms with Gasteiger partial charge >= 0.3 is 0 Å². The van der Waals surface area contributed by atoms with Crippen molar-refractivity contribution in [3.8, 4) is 6.07 Å². The van der Waals surface area contributed by atoms with Crippen LogP contribution in [0.1, 0.15) is 11.1 Å². The maximum Gasteiger partial charge on any atom is 0.263 e. The van der Waals surface area contributed by atoms with E-state index in [2.05, 4.69) is 32.2 Å². The number of fused-ring (bicyclic) bond motifs is 3. The van der Waals surface area contributed by atoms with Crippen molar-refractivity contribution in [3.63, 3.8) is 0 Å². The Morgan fingerprint density at radius 1 is 1.11 bits per heavy atom. The molecule has 0 aliphatic carbocycles. The van der Waals surface area contributed by atoms with Crippen molar-refractivity contribution in [1.82, 2.24) is 19.2 Å². The van der Waals surface area contributed by atoms with Crippen LogP contribution in [0.25, 0.3) is 16.7 Å².